The maximum Gasteiger partial charge on any atom is 0.245 e. The number of amides is 9. The zero-order valence-corrected chi connectivity index (χ0v) is 45.3. The number of aliphatic hydroxyl groups is 1. The third kappa shape index (κ3) is 21.1. The fourth-order valence-corrected chi connectivity index (χ4v) is 10.8. The summed E-state index contributed by atoms with van der Waals surface area (Å²) >= 11 is 0. The Hall–Kier alpha value is -6.97. The normalized spacial score (nSPS) is 20.9. The lowest BCUT2D eigenvalue weighted by Crippen LogP contribution is -2.62. The molecule has 24 nitrogen and oxygen atoms in total. The van der Waals surface area contributed by atoms with E-state index in [4.69, 9.17) is 22.9 Å². The van der Waals surface area contributed by atoms with Gasteiger partial charge in [-0.1, -0.05) is 76.2 Å². The molecule has 0 unspecified atom stereocenters. The molecule has 1 saturated heterocycles. The number of hydrogen-bond acceptors (Lipinski definition) is 17. The van der Waals surface area contributed by atoms with Crippen LogP contribution in [0.15, 0.2) is 78.9 Å². The van der Waals surface area contributed by atoms with Gasteiger partial charge in [0.15, 0.2) is 0 Å². The second-order valence-electron chi connectivity index (χ2n) is 19.2. The van der Waals surface area contributed by atoms with Crippen molar-refractivity contribution in [2.45, 2.75) is 125 Å². The molecule has 1 aliphatic rings. The van der Waals surface area contributed by atoms with E-state index in [0.29, 0.717) is 48.9 Å². The molecule has 0 bridgehead atoms. The molecule has 0 saturated carbocycles. The highest BCUT2D eigenvalue weighted by molar-refractivity contribution is 8.77. The Morgan fingerprint density at radius 2 is 1.21 bits per heavy atom. The molecule has 1 aliphatic heterocycles. The van der Waals surface area contributed by atoms with E-state index in [1.54, 1.807) is 56.3 Å². The van der Waals surface area contributed by atoms with Crippen molar-refractivity contribution in [1.29, 1.82) is 0 Å². The van der Waals surface area contributed by atoms with Gasteiger partial charge in [0.25, 0.3) is 0 Å². The number of phenols is 2. The number of nitrogens with two attached hydrogens (primary N) is 4. The molecule has 426 valence electrons. The van der Waals surface area contributed by atoms with Gasteiger partial charge in [0.2, 0.25) is 53.2 Å². The Morgan fingerprint density at radius 3 is 1.78 bits per heavy atom. The van der Waals surface area contributed by atoms with Gasteiger partial charge in [-0.2, -0.15) is 0 Å². The van der Waals surface area contributed by atoms with E-state index in [1.165, 1.54) is 36.4 Å². The molecule has 0 aliphatic carbocycles. The number of aromatic hydroxyl groups is 2. The van der Waals surface area contributed by atoms with Crippen LogP contribution >= 0.6 is 21.6 Å². The minimum atomic E-state index is -1.66. The number of aliphatic hydroxyl groups excluding tert-OH is 1. The number of primary amides is 1. The molecule has 1 heterocycles. The average Bonchev–Trinajstić information content (AvgIpc) is 3.41. The van der Waals surface area contributed by atoms with Crippen LogP contribution in [0, 0.1) is 0 Å². The van der Waals surface area contributed by atoms with Crippen molar-refractivity contribution in [3.8, 4) is 11.5 Å². The minimum Gasteiger partial charge on any atom is -0.508 e. The van der Waals surface area contributed by atoms with Crippen LogP contribution in [0.3, 0.4) is 0 Å². The summed E-state index contributed by atoms with van der Waals surface area (Å²) in [6.07, 6.45) is 1.71. The first-order valence-corrected chi connectivity index (χ1v) is 27.8. The number of phenolic OH excluding ortho intramolecular Hbond substituents is 2. The van der Waals surface area contributed by atoms with Crippen LogP contribution in [0.5, 0.6) is 11.5 Å². The van der Waals surface area contributed by atoms with Gasteiger partial charge in [0.05, 0.1) is 19.2 Å². The molecule has 1 fully saturated rings. The van der Waals surface area contributed by atoms with Crippen molar-refractivity contribution >= 4 is 74.8 Å². The lowest BCUT2D eigenvalue weighted by atomic mass is 9.99. The summed E-state index contributed by atoms with van der Waals surface area (Å²) in [7, 11) is 2.00. The summed E-state index contributed by atoms with van der Waals surface area (Å²) in [5.74, 6) is -8.19. The van der Waals surface area contributed by atoms with Crippen molar-refractivity contribution in [2.75, 3.05) is 32.0 Å². The van der Waals surface area contributed by atoms with E-state index < -0.39 is 119 Å². The number of rotatable bonds is 22. The fraction of sp³-hybridized carbons (Fsp3) is 0.481. The van der Waals surface area contributed by atoms with Gasteiger partial charge < -0.3 is 80.8 Å². The smallest absolute Gasteiger partial charge is 0.245 e. The van der Waals surface area contributed by atoms with Gasteiger partial charge in [-0.25, -0.2) is 0 Å². The predicted octanol–water partition coefficient (Wildman–Crippen LogP) is -2.13. The lowest BCUT2D eigenvalue weighted by molar-refractivity contribution is -0.135. The highest BCUT2D eigenvalue weighted by Crippen LogP contribution is 2.39. The maximum absolute atomic E-state index is 14.7. The standard InChI is InChI=1S/C52H74N12O12S2/c1-52(2)43(64-45(70)35(55)24-31-14-18-33(66)19-15-31)51(76)62-38(26-32-16-20-34(67)21-17-32)46(71)57-27-42(68)58-40(28-65)49(74)61-39(25-30-10-4-3-5-11-30)48(73)63-41(29-77-78-52)50(75)60-37(13-7-9-23-54)47(72)59-36(44(56)69)12-6-8-22-53/h3-5,10-11,14-21,35-41,43,65-67H,6-9,12-13,22-29,53-55H2,1-2H3,(H2,56,69)(H,57,71)(H,58,68)(H,59,72)(H,60,75)(H,61,74)(H,62,76)(H,63,73)(H,64,70)/t35-,36-,37-,38-,39-,40-,41-,43+/m0/s1. The van der Waals surface area contributed by atoms with Crippen molar-refractivity contribution in [3.63, 3.8) is 0 Å². The van der Waals surface area contributed by atoms with E-state index in [0.717, 1.165) is 21.6 Å². The van der Waals surface area contributed by atoms with E-state index in [1.807, 2.05) is 0 Å². The zero-order chi connectivity index (χ0) is 57.4. The Balaban J connectivity index is 1.80. The van der Waals surface area contributed by atoms with Gasteiger partial charge in [-0.3, -0.25) is 43.2 Å². The van der Waals surface area contributed by atoms with Crippen LogP contribution in [0.4, 0.5) is 0 Å². The minimum absolute atomic E-state index is 0.0113. The number of carbonyl (C=O) groups excluding carboxylic acids is 9. The molecule has 8 atom stereocenters. The Morgan fingerprint density at radius 1 is 0.667 bits per heavy atom. The molecular weight excluding hydrogens is 1050 g/mol. The molecule has 3 aromatic carbocycles. The number of benzene rings is 3. The molecular formula is C52H74N12O12S2. The summed E-state index contributed by atoms with van der Waals surface area (Å²) in [5, 5.41) is 51.0. The van der Waals surface area contributed by atoms with Gasteiger partial charge in [-0.05, 0) is 113 Å². The van der Waals surface area contributed by atoms with Crippen molar-refractivity contribution in [1.82, 2.24) is 42.5 Å². The first kappa shape index (κ1) is 63.6. The SMILES string of the molecule is CC1(C)SSC[C@@H](C(=O)N[C@@H](CCCCN)C(=O)N[C@@H](CCCCN)C(N)=O)NC(=O)[C@H](Cc2ccccc2)NC(=O)[C@H](CO)NC(=O)CNC(=O)[C@H](Cc2ccc(O)cc2)NC(=O)[C@H]1NC(=O)[C@@H](N)Cc1ccc(O)cc1. The van der Waals surface area contributed by atoms with Crippen LogP contribution in [-0.4, -0.2) is 154 Å². The third-order valence-corrected chi connectivity index (χ3v) is 15.8. The Kier molecular flexibility index (Phi) is 26.1. The first-order chi connectivity index (χ1) is 37.1. The second kappa shape index (κ2) is 32.1. The highest BCUT2D eigenvalue weighted by Gasteiger charge is 2.41. The largest absolute Gasteiger partial charge is 0.508 e. The summed E-state index contributed by atoms with van der Waals surface area (Å²) in [6.45, 7) is 2.09. The fourth-order valence-electron chi connectivity index (χ4n) is 8.02. The summed E-state index contributed by atoms with van der Waals surface area (Å²) < 4.78 is -1.37. The third-order valence-electron chi connectivity index (χ3n) is 12.5. The van der Waals surface area contributed by atoms with Crippen molar-refractivity contribution < 1.29 is 58.5 Å². The first-order valence-electron chi connectivity index (χ1n) is 25.5. The lowest BCUT2D eigenvalue weighted by Gasteiger charge is -2.35. The molecule has 0 spiro atoms. The number of unbranched alkanes of at least 4 members (excludes halogenated alkanes) is 2. The van der Waals surface area contributed by atoms with Crippen molar-refractivity contribution in [2.24, 2.45) is 22.9 Å². The number of carbonyl (C=O) groups is 9. The summed E-state index contributed by atoms with van der Waals surface area (Å²) in [6, 6.07) is 9.06. The Bertz CT molecular complexity index is 2490. The average molecular weight is 1120 g/mol. The van der Waals surface area contributed by atoms with Crippen LogP contribution in [-0.2, 0) is 62.4 Å². The van der Waals surface area contributed by atoms with Gasteiger partial charge in [-0.15, -0.1) is 0 Å². The van der Waals surface area contributed by atoms with Gasteiger partial charge >= 0.3 is 0 Å². The van der Waals surface area contributed by atoms with E-state index in [-0.39, 0.29) is 55.9 Å². The molecule has 0 radical (unpaired) electrons. The van der Waals surface area contributed by atoms with Gasteiger partial charge in [0.1, 0.15) is 53.8 Å². The quantitative estimate of drug-likeness (QED) is 0.0377. The predicted molar refractivity (Wildman–Crippen MR) is 294 cm³/mol. The monoisotopic (exact) mass is 1120 g/mol. The molecule has 19 N–H and O–H groups in total. The molecule has 3 aromatic rings. The Labute approximate surface area is 460 Å². The van der Waals surface area contributed by atoms with Crippen LogP contribution in [0.1, 0.15) is 69.1 Å². The molecule has 9 amide bonds. The van der Waals surface area contributed by atoms with Crippen LogP contribution in [0.25, 0.3) is 0 Å². The second-order valence-corrected chi connectivity index (χ2v) is 22.2. The van der Waals surface area contributed by atoms with E-state index in [2.05, 4.69) is 42.5 Å². The number of hydrogen-bond donors (Lipinski definition) is 15. The topological polar surface area (TPSA) is 415 Å². The van der Waals surface area contributed by atoms with Crippen LogP contribution in [0.2, 0.25) is 0 Å². The molecule has 78 heavy (non-hydrogen) atoms. The van der Waals surface area contributed by atoms with E-state index >= 15 is 0 Å². The maximum atomic E-state index is 14.7. The van der Waals surface area contributed by atoms with Gasteiger partial charge in [0, 0.05) is 23.3 Å². The van der Waals surface area contributed by atoms with Crippen LogP contribution < -0.4 is 65.5 Å². The highest BCUT2D eigenvalue weighted by atomic mass is 33.1. The summed E-state index contributed by atoms with van der Waals surface area (Å²) in [4.78, 5) is 126. The zero-order valence-electron chi connectivity index (χ0n) is 43.7. The molecule has 4 rings (SSSR count). The van der Waals surface area contributed by atoms with Crippen molar-refractivity contribution in [3.05, 3.63) is 95.6 Å². The number of nitrogens with one attached hydrogen (secondary N) is 8. The van der Waals surface area contributed by atoms with E-state index in [9.17, 15) is 58.5 Å². The molecule has 0 aromatic heterocycles. The molecule has 26 heteroatoms. The summed E-state index contributed by atoms with van der Waals surface area (Å²) in [5.41, 5.74) is 25.1.